The minimum atomic E-state index is -1.73. The summed E-state index contributed by atoms with van der Waals surface area (Å²) in [6, 6.07) is 6.51. The first-order valence-electron chi connectivity index (χ1n) is 11.2. The molecule has 1 unspecified atom stereocenters. The molecule has 35 heavy (non-hydrogen) atoms. The number of alkyl halides is 2. The van der Waals surface area contributed by atoms with Crippen LogP contribution in [0.5, 0.6) is 5.88 Å². The Balaban J connectivity index is 1.63. The Bertz CT molecular complexity index is 1200. The van der Waals surface area contributed by atoms with Crippen LogP contribution in [0.1, 0.15) is 42.6 Å². The SMILES string of the molecule is Cc1ncc(NC(O)c2ccnc(C(C)(C)F)c2)cc1-c1cnc(OCCO)c(C2(F)COC2)c1. The number of pyridine rings is 3. The number of anilines is 1. The Morgan fingerprint density at radius 1 is 1.20 bits per heavy atom. The fourth-order valence-corrected chi connectivity index (χ4v) is 3.70. The third kappa shape index (κ3) is 5.39. The maximum atomic E-state index is 15.3. The van der Waals surface area contributed by atoms with Crippen LogP contribution in [-0.2, 0) is 16.1 Å². The minimum Gasteiger partial charge on any atom is -0.475 e. The van der Waals surface area contributed by atoms with E-state index in [4.69, 9.17) is 14.6 Å². The van der Waals surface area contributed by atoms with Crippen molar-refractivity contribution >= 4 is 5.69 Å². The lowest BCUT2D eigenvalue weighted by Crippen LogP contribution is -2.43. The highest BCUT2D eigenvalue weighted by atomic mass is 19.1. The lowest BCUT2D eigenvalue weighted by Gasteiger charge is -2.34. The predicted molar refractivity (Wildman–Crippen MR) is 125 cm³/mol. The Morgan fingerprint density at radius 3 is 2.63 bits per heavy atom. The normalized spacial score (nSPS) is 15.9. The summed E-state index contributed by atoms with van der Waals surface area (Å²) in [4.78, 5) is 12.7. The van der Waals surface area contributed by atoms with E-state index in [9.17, 15) is 9.50 Å². The second-order valence-corrected chi connectivity index (χ2v) is 8.96. The molecule has 10 heteroatoms. The molecule has 0 bridgehead atoms. The maximum Gasteiger partial charge on any atom is 0.220 e. The van der Waals surface area contributed by atoms with Crippen molar-refractivity contribution in [1.82, 2.24) is 15.0 Å². The molecule has 4 heterocycles. The molecule has 1 fully saturated rings. The van der Waals surface area contributed by atoms with Crippen molar-refractivity contribution in [3.63, 3.8) is 0 Å². The first kappa shape index (κ1) is 24.9. The van der Waals surface area contributed by atoms with Gasteiger partial charge in [0.05, 0.1) is 43.0 Å². The molecule has 0 aliphatic carbocycles. The van der Waals surface area contributed by atoms with Crippen molar-refractivity contribution in [2.24, 2.45) is 0 Å². The third-order valence-corrected chi connectivity index (χ3v) is 5.74. The van der Waals surface area contributed by atoms with Crippen LogP contribution >= 0.6 is 0 Å². The molecular formula is C25H28F2N4O4. The third-order valence-electron chi connectivity index (χ3n) is 5.74. The Morgan fingerprint density at radius 2 is 1.97 bits per heavy atom. The summed E-state index contributed by atoms with van der Waals surface area (Å²) in [7, 11) is 0. The van der Waals surface area contributed by atoms with Crippen LogP contribution in [0.25, 0.3) is 11.1 Å². The molecular weight excluding hydrogens is 458 g/mol. The number of nitrogens with zero attached hydrogens (tertiary/aromatic N) is 3. The predicted octanol–water partition coefficient (Wildman–Crippen LogP) is 3.72. The molecule has 0 aromatic carbocycles. The summed E-state index contributed by atoms with van der Waals surface area (Å²) in [6.45, 7) is 4.15. The first-order valence-corrected chi connectivity index (χ1v) is 11.2. The number of nitrogens with one attached hydrogen (secondary N) is 1. The van der Waals surface area contributed by atoms with Gasteiger partial charge in [-0.05, 0) is 45.0 Å². The van der Waals surface area contributed by atoms with Crippen LogP contribution in [0.15, 0.2) is 42.9 Å². The maximum absolute atomic E-state index is 15.3. The lowest BCUT2D eigenvalue weighted by atomic mass is 9.92. The molecule has 4 rings (SSSR count). The van der Waals surface area contributed by atoms with Crippen LogP contribution in [0.4, 0.5) is 14.5 Å². The first-order chi connectivity index (χ1) is 16.6. The minimum absolute atomic E-state index is 0.00945. The number of aryl methyl sites for hydroxylation is 1. The number of aliphatic hydroxyl groups excluding tert-OH is 2. The zero-order chi connectivity index (χ0) is 25.2. The molecule has 3 aromatic heterocycles. The van der Waals surface area contributed by atoms with E-state index in [2.05, 4.69) is 20.3 Å². The van der Waals surface area contributed by atoms with Crippen molar-refractivity contribution < 1.29 is 28.5 Å². The highest BCUT2D eigenvalue weighted by Gasteiger charge is 2.44. The summed E-state index contributed by atoms with van der Waals surface area (Å²) in [5.74, 6) is 0.105. The standard InChI is InChI=1S/C25H28F2N4O4/c1-15-19(17-8-20(25(27)13-34-14-25)23(30-11-17)35-7-6-32)10-18(12-29-15)31-22(33)16-4-5-28-21(9-16)24(2,3)26/h4-5,8-12,22,31-33H,6-7,13-14H2,1-3H3. The van der Waals surface area contributed by atoms with E-state index in [1.165, 1.54) is 26.1 Å². The van der Waals surface area contributed by atoms with Crippen molar-refractivity contribution in [2.45, 2.75) is 38.3 Å². The van der Waals surface area contributed by atoms with Crippen LogP contribution < -0.4 is 10.1 Å². The van der Waals surface area contributed by atoms with E-state index in [1.807, 2.05) is 6.92 Å². The van der Waals surface area contributed by atoms with Gasteiger partial charge in [0.2, 0.25) is 5.88 Å². The van der Waals surface area contributed by atoms with Gasteiger partial charge in [-0.25, -0.2) is 13.8 Å². The highest BCUT2D eigenvalue weighted by molar-refractivity contribution is 5.70. The highest BCUT2D eigenvalue weighted by Crippen LogP contribution is 2.40. The van der Waals surface area contributed by atoms with Gasteiger partial charge in [0.15, 0.2) is 11.9 Å². The molecule has 186 valence electrons. The Labute approximate surface area is 202 Å². The van der Waals surface area contributed by atoms with E-state index in [0.29, 0.717) is 28.1 Å². The summed E-state index contributed by atoms with van der Waals surface area (Å²) in [5.41, 5.74) is -0.0314. The summed E-state index contributed by atoms with van der Waals surface area (Å²) < 4.78 is 40.1. The lowest BCUT2D eigenvalue weighted by molar-refractivity contribution is -0.136. The monoisotopic (exact) mass is 486 g/mol. The zero-order valence-corrected chi connectivity index (χ0v) is 19.8. The molecule has 3 N–H and O–H groups in total. The molecule has 1 aliphatic rings. The number of aromatic nitrogens is 3. The quantitative estimate of drug-likeness (QED) is 0.393. The van der Waals surface area contributed by atoms with Crippen molar-refractivity contribution in [3.8, 4) is 17.0 Å². The fraction of sp³-hybridized carbons (Fsp3) is 0.400. The van der Waals surface area contributed by atoms with E-state index < -0.39 is 17.6 Å². The van der Waals surface area contributed by atoms with Crippen molar-refractivity contribution in [1.29, 1.82) is 0 Å². The Kier molecular flexibility index (Phi) is 6.98. The van der Waals surface area contributed by atoms with E-state index in [-0.39, 0.29) is 43.6 Å². The number of hydrogen-bond acceptors (Lipinski definition) is 8. The average molecular weight is 487 g/mol. The zero-order valence-electron chi connectivity index (χ0n) is 19.8. The van der Waals surface area contributed by atoms with Crippen molar-refractivity contribution in [2.75, 3.05) is 31.7 Å². The van der Waals surface area contributed by atoms with Gasteiger partial charge in [-0.15, -0.1) is 0 Å². The van der Waals surface area contributed by atoms with Gasteiger partial charge in [-0.1, -0.05) is 0 Å². The van der Waals surface area contributed by atoms with E-state index in [1.54, 1.807) is 30.6 Å². The number of ether oxygens (including phenoxy) is 2. The average Bonchev–Trinajstić information content (AvgIpc) is 2.82. The largest absolute Gasteiger partial charge is 0.475 e. The summed E-state index contributed by atoms with van der Waals surface area (Å²) in [6.07, 6.45) is 3.41. The molecule has 1 atom stereocenters. The van der Waals surface area contributed by atoms with E-state index >= 15 is 4.39 Å². The number of rotatable bonds is 9. The molecule has 1 saturated heterocycles. The second-order valence-electron chi connectivity index (χ2n) is 8.96. The number of hydrogen-bond donors (Lipinski definition) is 3. The van der Waals surface area contributed by atoms with Gasteiger partial charge in [0.1, 0.15) is 12.3 Å². The van der Waals surface area contributed by atoms with Crippen LogP contribution in [-0.4, -0.2) is 51.6 Å². The summed E-state index contributed by atoms with van der Waals surface area (Å²) >= 11 is 0. The fourth-order valence-electron chi connectivity index (χ4n) is 3.70. The molecule has 0 radical (unpaired) electrons. The smallest absolute Gasteiger partial charge is 0.220 e. The molecule has 8 nitrogen and oxygen atoms in total. The van der Waals surface area contributed by atoms with Gasteiger partial charge < -0.3 is 25.0 Å². The van der Waals surface area contributed by atoms with Gasteiger partial charge in [-0.2, -0.15) is 0 Å². The van der Waals surface area contributed by atoms with Crippen molar-refractivity contribution in [3.05, 3.63) is 65.4 Å². The topological polar surface area (TPSA) is 110 Å². The van der Waals surface area contributed by atoms with E-state index in [0.717, 1.165) is 0 Å². The van der Waals surface area contributed by atoms with Gasteiger partial charge in [0.25, 0.3) is 0 Å². The molecule has 1 aliphatic heterocycles. The van der Waals surface area contributed by atoms with Crippen LogP contribution in [0.3, 0.4) is 0 Å². The molecule has 0 amide bonds. The number of aliphatic hydroxyl groups is 2. The second kappa shape index (κ2) is 9.80. The summed E-state index contributed by atoms with van der Waals surface area (Å²) in [5, 5.41) is 22.7. The van der Waals surface area contributed by atoms with Gasteiger partial charge in [-0.3, -0.25) is 9.97 Å². The molecule has 0 spiro atoms. The van der Waals surface area contributed by atoms with Crippen LogP contribution in [0.2, 0.25) is 0 Å². The molecule has 0 saturated carbocycles. The van der Waals surface area contributed by atoms with Gasteiger partial charge >= 0.3 is 0 Å². The van der Waals surface area contributed by atoms with Gasteiger partial charge in [0, 0.05) is 34.8 Å². The van der Waals surface area contributed by atoms with Crippen LogP contribution in [0, 0.1) is 6.92 Å². The molecule has 3 aromatic rings. The number of halogens is 2. The Hall–Kier alpha value is -3.21.